The molecular formula is C19H29N3O3. The van der Waals surface area contributed by atoms with Gasteiger partial charge in [-0.3, -0.25) is 9.59 Å². The van der Waals surface area contributed by atoms with Gasteiger partial charge in [0.15, 0.2) is 0 Å². The van der Waals surface area contributed by atoms with Gasteiger partial charge in [0.1, 0.15) is 11.6 Å². The molecule has 6 heteroatoms. The number of Topliss-reactive ketones (excluding diaryl/α,β-unsaturated/α-hetero) is 1. The summed E-state index contributed by atoms with van der Waals surface area (Å²) < 4.78 is 0. The highest BCUT2D eigenvalue weighted by Gasteiger charge is 2.29. The summed E-state index contributed by atoms with van der Waals surface area (Å²) in [5, 5.41) is 11.9. The van der Waals surface area contributed by atoms with Gasteiger partial charge in [0.25, 0.3) is 5.91 Å². The first-order chi connectivity index (χ1) is 12.0. The Morgan fingerprint density at radius 2 is 2.20 bits per heavy atom. The minimum Gasteiger partial charge on any atom is -0.396 e. The maximum Gasteiger partial charge on any atom is 0.255 e. The van der Waals surface area contributed by atoms with Crippen LogP contribution in [0.5, 0.6) is 0 Å². The summed E-state index contributed by atoms with van der Waals surface area (Å²) in [5.74, 6) is 1.22. The summed E-state index contributed by atoms with van der Waals surface area (Å²) in [4.78, 5) is 31.0. The van der Waals surface area contributed by atoms with Gasteiger partial charge in [-0.25, -0.2) is 4.98 Å². The number of piperidine rings is 1. The Morgan fingerprint density at radius 1 is 1.40 bits per heavy atom. The van der Waals surface area contributed by atoms with E-state index in [4.69, 9.17) is 5.11 Å². The molecule has 1 aliphatic rings. The molecule has 1 fully saturated rings. The molecule has 0 aliphatic carbocycles. The van der Waals surface area contributed by atoms with E-state index in [0.29, 0.717) is 49.8 Å². The first-order valence-electron chi connectivity index (χ1n) is 9.14. The monoisotopic (exact) mass is 347 g/mol. The number of aliphatic hydroxyl groups excluding tert-OH is 1. The maximum absolute atomic E-state index is 12.7. The van der Waals surface area contributed by atoms with Gasteiger partial charge in [0.05, 0.1) is 5.56 Å². The van der Waals surface area contributed by atoms with Gasteiger partial charge in [-0.15, -0.1) is 0 Å². The number of nitrogens with zero attached hydrogens (tertiary/aromatic N) is 2. The van der Waals surface area contributed by atoms with Crippen molar-refractivity contribution >= 4 is 17.5 Å². The average Bonchev–Trinajstić information content (AvgIpc) is 2.61. The summed E-state index contributed by atoms with van der Waals surface area (Å²) in [6, 6.07) is 3.53. The topological polar surface area (TPSA) is 82.5 Å². The molecule has 138 valence electrons. The van der Waals surface area contributed by atoms with Crippen LogP contribution in [0.25, 0.3) is 0 Å². The van der Waals surface area contributed by atoms with Gasteiger partial charge >= 0.3 is 0 Å². The normalized spacial score (nSPS) is 17.6. The highest BCUT2D eigenvalue weighted by molar-refractivity contribution is 5.94. The maximum atomic E-state index is 12.7. The molecule has 2 heterocycles. The molecule has 1 aromatic rings. The molecule has 1 saturated heterocycles. The molecule has 6 nitrogen and oxygen atoms in total. The zero-order chi connectivity index (χ0) is 18.2. The van der Waals surface area contributed by atoms with E-state index in [0.717, 1.165) is 12.8 Å². The van der Waals surface area contributed by atoms with Crippen LogP contribution in [0.15, 0.2) is 18.3 Å². The van der Waals surface area contributed by atoms with Crippen LogP contribution in [0, 0.1) is 11.8 Å². The number of aliphatic hydroxyl groups is 1. The van der Waals surface area contributed by atoms with Crippen molar-refractivity contribution in [2.24, 2.45) is 11.8 Å². The second-order valence-corrected chi connectivity index (χ2v) is 7.09. The lowest BCUT2D eigenvalue weighted by molar-refractivity contribution is -0.124. The number of anilines is 1. The van der Waals surface area contributed by atoms with Crippen LogP contribution in [0.3, 0.4) is 0 Å². The number of ketones is 1. The van der Waals surface area contributed by atoms with E-state index in [-0.39, 0.29) is 24.2 Å². The summed E-state index contributed by atoms with van der Waals surface area (Å²) in [7, 11) is 0. The smallest absolute Gasteiger partial charge is 0.255 e. The number of pyridine rings is 1. The fourth-order valence-corrected chi connectivity index (χ4v) is 3.10. The number of carbonyl (C=O) groups is 2. The molecule has 1 atom stereocenters. The average molecular weight is 347 g/mol. The van der Waals surface area contributed by atoms with Crippen molar-refractivity contribution in [3.8, 4) is 0 Å². The number of likely N-dealkylation sites (tertiary alicyclic amines) is 1. The number of aromatic nitrogens is 1. The van der Waals surface area contributed by atoms with Crippen LogP contribution < -0.4 is 5.32 Å². The standard InChI is InChI=1S/C19H29N3O3/c1-14(2)11-17(24)16-5-3-9-22(13-16)19(25)15-6-7-18(21-12-15)20-8-4-10-23/h6-7,12,14,16,23H,3-5,8-11,13H2,1-2H3,(H,20,21)/t16-/m1/s1. The molecule has 25 heavy (non-hydrogen) atoms. The van der Waals surface area contributed by atoms with Crippen LogP contribution in [-0.2, 0) is 4.79 Å². The Hall–Kier alpha value is -1.95. The lowest BCUT2D eigenvalue weighted by Crippen LogP contribution is -2.42. The number of rotatable bonds is 8. The van der Waals surface area contributed by atoms with Crippen LogP contribution in [0.1, 0.15) is 49.9 Å². The molecule has 0 saturated carbocycles. The van der Waals surface area contributed by atoms with E-state index in [2.05, 4.69) is 10.3 Å². The second-order valence-electron chi connectivity index (χ2n) is 7.09. The van der Waals surface area contributed by atoms with Gasteiger partial charge < -0.3 is 15.3 Å². The summed E-state index contributed by atoms with van der Waals surface area (Å²) in [6.45, 7) is 6.08. The first-order valence-corrected chi connectivity index (χ1v) is 9.14. The molecule has 0 radical (unpaired) electrons. The van der Waals surface area contributed by atoms with E-state index in [9.17, 15) is 9.59 Å². The molecule has 2 rings (SSSR count). The lowest BCUT2D eigenvalue weighted by atomic mass is 9.89. The van der Waals surface area contributed by atoms with E-state index in [1.54, 1.807) is 23.2 Å². The summed E-state index contributed by atoms with van der Waals surface area (Å²) >= 11 is 0. The molecular weight excluding hydrogens is 318 g/mol. The van der Waals surface area contributed by atoms with Gasteiger partial charge in [0, 0.05) is 44.8 Å². The Kier molecular flexibility index (Phi) is 7.37. The quantitative estimate of drug-likeness (QED) is 0.705. The van der Waals surface area contributed by atoms with Gasteiger partial charge in [0.2, 0.25) is 0 Å². The lowest BCUT2D eigenvalue weighted by Gasteiger charge is -2.32. The van der Waals surface area contributed by atoms with E-state index >= 15 is 0 Å². The Morgan fingerprint density at radius 3 is 2.84 bits per heavy atom. The fraction of sp³-hybridized carbons (Fsp3) is 0.632. The SMILES string of the molecule is CC(C)CC(=O)[C@@H]1CCCN(C(=O)c2ccc(NCCCO)nc2)C1. The molecule has 2 N–H and O–H groups in total. The molecule has 0 spiro atoms. The molecule has 0 aromatic carbocycles. The third-order valence-corrected chi connectivity index (χ3v) is 4.42. The zero-order valence-electron chi connectivity index (χ0n) is 15.2. The van der Waals surface area contributed by atoms with Crippen LogP contribution in [-0.4, -0.2) is 52.9 Å². The number of nitrogens with one attached hydrogen (secondary N) is 1. The highest BCUT2D eigenvalue weighted by Crippen LogP contribution is 2.22. The third kappa shape index (κ3) is 5.81. The van der Waals surface area contributed by atoms with Crippen molar-refractivity contribution in [2.45, 2.75) is 39.5 Å². The minimum atomic E-state index is -0.0588. The Balaban J connectivity index is 1.93. The second kappa shape index (κ2) is 9.51. The zero-order valence-corrected chi connectivity index (χ0v) is 15.2. The number of amides is 1. The number of hydrogen-bond donors (Lipinski definition) is 2. The van der Waals surface area contributed by atoms with Crippen molar-refractivity contribution in [3.63, 3.8) is 0 Å². The fourth-order valence-electron chi connectivity index (χ4n) is 3.10. The summed E-state index contributed by atoms with van der Waals surface area (Å²) in [6.07, 6.45) is 4.56. The number of carbonyl (C=O) groups excluding carboxylic acids is 2. The van der Waals surface area contributed by atoms with E-state index in [1.165, 1.54) is 0 Å². The first kappa shape index (κ1) is 19.4. The predicted octanol–water partition coefficient (Wildman–Crippen LogP) is 2.34. The van der Waals surface area contributed by atoms with Crippen molar-refractivity contribution in [3.05, 3.63) is 23.9 Å². The molecule has 0 bridgehead atoms. The third-order valence-electron chi connectivity index (χ3n) is 4.42. The largest absolute Gasteiger partial charge is 0.396 e. The number of hydrogen-bond acceptors (Lipinski definition) is 5. The van der Waals surface area contributed by atoms with Gasteiger partial charge in [-0.05, 0) is 37.3 Å². The van der Waals surface area contributed by atoms with Crippen LogP contribution in [0.4, 0.5) is 5.82 Å². The highest BCUT2D eigenvalue weighted by atomic mass is 16.3. The van der Waals surface area contributed by atoms with Crippen LogP contribution in [0.2, 0.25) is 0 Å². The molecule has 1 aromatic heterocycles. The molecule has 1 aliphatic heterocycles. The van der Waals surface area contributed by atoms with Gasteiger partial charge in [-0.1, -0.05) is 13.8 Å². The minimum absolute atomic E-state index is 0.0347. The Labute approximate surface area is 149 Å². The van der Waals surface area contributed by atoms with E-state index in [1.807, 2.05) is 13.8 Å². The van der Waals surface area contributed by atoms with Crippen LogP contribution >= 0.6 is 0 Å². The van der Waals surface area contributed by atoms with Crippen molar-refractivity contribution in [1.29, 1.82) is 0 Å². The van der Waals surface area contributed by atoms with E-state index < -0.39 is 0 Å². The Bertz CT molecular complexity index is 572. The van der Waals surface area contributed by atoms with Crippen molar-refractivity contribution < 1.29 is 14.7 Å². The molecule has 0 unspecified atom stereocenters. The predicted molar refractivity (Wildman–Crippen MR) is 97.5 cm³/mol. The van der Waals surface area contributed by atoms with Crippen molar-refractivity contribution in [2.75, 3.05) is 31.6 Å². The summed E-state index contributed by atoms with van der Waals surface area (Å²) in [5.41, 5.74) is 0.546. The van der Waals surface area contributed by atoms with Crippen molar-refractivity contribution in [1.82, 2.24) is 9.88 Å². The van der Waals surface area contributed by atoms with Gasteiger partial charge in [-0.2, -0.15) is 0 Å². The molecule has 1 amide bonds.